The van der Waals surface area contributed by atoms with E-state index in [0.29, 0.717) is 38.9 Å². The number of benzene rings is 5. The summed E-state index contributed by atoms with van der Waals surface area (Å²) in [6.45, 7) is -2.49. The maximum atomic E-state index is 9.51. The third-order valence-corrected chi connectivity index (χ3v) is 9.57. The zero-order chi connectivity index (χ0) is 55.1. The van der Waals surface area contributed by atoms with E-state index >= 15 is 0 Å². The molecule has 0 atom stereocenters. The van der Waals surface area contributed by atoms with Gasteiger partial charge in [-0.2, -0.15) is 0 Å². The van der Waals surface area contributed by atoms with E-state index in [1.54, 1.807) is 66.7 Å². The molecule has 2 aliphatic carbocycles. The summed E-state index contributed by atoms with van der Waals surface area (Å²) in [5.41, 5.74) is -2.46. The topological polar surface area (TPSA) is 38.9 Å². The van der Waals surface area contributed by atoms with Crippen LogP contribution in [0.2, 0.25) is 0 Å². The molecule has 0 N–H and O–H groups in total. The summed E-state index contributed by atoms with van der Waals surface area (Å²) in [4.78, 5) is 8.69. The SMILES string of the molecule is [2H]C([2H])([2H])c1cnc(-c2[c-]cccc2)cc1-c1c(C([2H])([2H])[2H])cccc1C([2H])([2H])[2H].[2H]C([2H])(c1ccnc(-c2[c-]ccc3c2oc2c4c(ccc23)C([2H])([2H])C2(C([2H])([2H])c3ccccc3C2([2H])[2H])C4([2H])[2H])c1)C(C)(C)C.[Ir]. The van der Waals surface area contributed by atoms with E-state index in [-0.39, 0.29) is 81.3 Å². The van der Waals surface area contributed by atoms with Crippen LogP contribution in [-0.4, -0.2) is 9.97 Å². The van der Waals surface area contributed by atoms with Gasteiger partial charge in [0, 0.05) is 63.9 Å². The van der Waals surface area contributed by atoms with Gasteiger partial charge in [-0.05, 0) is 131 Å². The fraction of sp³-hybridized carbons (Fsp3) is 0.245. The van der Waals surface area contributed by atoms with E-state index in [1.165, 1.54) is 48.7 Å². The first kappa shape index (κ1) is 22.1. The zero-order valence-corrected chi connectivity index (χ0v) is 33.6. The van der Waals surface area contributed by atoms with Crippen LogP contribution in [0.15, 0.2) is 126 Å². The molecule has 1 radical (unpaired) electrons. The van der Waals surface area contributed by atoms with E-state index in [0.717, 1.165) is 6.20 Å². The summed E-state index contributed by atoms with van der Waals surface area (Å²) in [7, 11) is 0. The Hall–Kier alpha value is -5.15. The molecule has 0 amide bonds. The Balaban J connectivity index is 0.000000216. The minimum absolute atomic E-state index is 0. The van der Waals surface area contributed by atoms with Crippen LogP contribution in [0.4, 0.5) is 0 Å². The van der Waals surface area contributed by atoms with Crippen molar-refractivity contribution in [3.63, 3.8) is 0 Å². The second-order valence-electron chi connectivity index (χ2n) is 14.8. The van der Waals surface area contributed by atoms with Crippen molar-refractivity contribution in [2.75, 3.05) is 0 Å². The number of fused-ring (bicyclic) bond motifs is 6. The number of rotatable bonds is 4. The molecule has 0 saturated carbocycles. The molecule has 3 nitrogen and oxygen atoms in total. The predicted molar refractivity (Wildman–Crippen MR) is 231 cm³/mol. The van der Waals surface area contributed by atoms with E-state index in [4.69, 9.17) is 19.5 Å². The van der Waals surface area contributed by atoms with E-state index in [9.17, 15) is 11.0 Å². The molecular weight excluding hydrogens is 873 g/mol. The molecule has 0 aliphatic heterocycles. The van der Waals surface area contributed by atoms with Crippen molar-refractivity contribution in [3.8, 4) is 33.6 Å². The summed E-state index contributed by atoms with van der Waals surface area (Å²) in [6, 6.07) is 34.0. The molecular formula is C53H48IrN2O-2. The average molecular weight is 940 g/mol. The van der Waals surface area contributed by atoms with Crippen LogP contribution < -0.4 is 0 Å². The monoisotopic (exact) mass is 940 g/mol. The van der Waals surface area contributed by atoms with Gasteiger partial charge in [-0.1, -0.05) is 104 Å². The van der Waals surface area contributed by atoms with Crippen LogP contribution in [0, 0.1) is 43.5 Å². The summed E-state index contributed by atoms with van der Waals surface area (Å²) < 4.78 is 169. The minimum atomic E-state index is -2.88. The van der Waals surface area contributed by atoms with Crippen molar-refractivity contribution < 1.29 is 50.6 Å². The number of aromatic nitrogens is 2. The summed E-state index contributed by atoms with van der Waals surface area (Å²) in [5.74, 6) is 0. The average Bonchev–Trinajstić information content (AvgIpc) is 3.99. The van der Waals surface area contributed by atoms with E-state index in [2.05, 4.69) is 22.1 Å². The van der Waals surface area contributed by atoms with Crippen molar-refractivity contribution in [2.24, 2.45) is 10.8 Å². The first-order valence-electron chi connectivity index (χ1n) is 27.7. The molecule has 8 aromatic rings. The Labute approximate surface area is 377 Å². The van der Waals surface area contributed by atoms with Crippen LogP contribution in [-0.2, 0) is 52.0 Å². The van der Waals surface area contributed by atoms with Gasteiger partial charge >= 0.3 is 0 Å². The standard InChI is InChI=1S/C33H30NO.C20H18N.Ir/c1-32(2,3)16-21-13-14-34-29(15-21)27-10-6-9-25-26-12-11-24-19-33(20-28(24)31(26)35-30(25)27)17-22-7-4-5-8-23(22)18-33;1-14-8-7-9-15(2)20(14)18-12-19(21-13-16(18)3)17-10-5-4-6-11-17;/h4-9,11-15H,16-20H2,1-3H3;4-10,12-13H,1-3H3;/q2*-1;/i16D2,17D2,18D2,19D2,20D2;1D3,2D3,3D3;. The molecule has 0 unspecified atom stereocenters. The van der Waals surface area contributed by atoms with Gasteiger partial charge in [0.15, 0.2) is 0 Å². The number of hydrogen-bond acceptors (Lipinski definition) is 3. The van der Waals surface area contributed by atoms with Crippen LogP contribution >= 0.6 is 0 Å². The Morgan fingerprint density at radius 1 is 0.719 bits per heavy atom. The van der Waals surface area contributed by atoms with Crippen molar-refractivity contribution in [1.29, 1.82) is 0 Å². The molecule has 2 aliphatic rings. The number of aryl methyl sites for hydroxylation is 3. The molecule has 5 aromatic carbocycles. The number of furan rings is 1. The molecule has 10 rings (SSSR count). The smallest absolute Gasteiger partial charge is 0.124 e. The quantitative estimate of drug-likeness (QED) is 0.165. The normalized spacial score (nSPS) is 23.3. The van der Waals surface area contributed by atoms with Crippen molar-refractivity contribution >= 4 is 21.9 Å². The van der Waals surface area contributed by atoms with Crippen LogP contribution in [0.1, 0.15) is 91.3 Å². The Bertz CT molecular complexity index is 3490. The fourth-order valence-corrected chi connectivity index (χ4v) is 7.19. The van der Waals surface area contributed by atoms with Gasteiger partial charge in [-0.25, -0.2) is 0 Å². The van der Waals surface area contributed by atoms with Gasteiger partial charge in [0.05, 0.1) is 5.58 Å². The molecule has 57 heavy (non-hydrogen) atoms. The predicted octanol–water partition coefficient (Wildman–Crippen LogP) is 13.1. The largest absolute Gasteiger partial charge is 0.500 e. The molecule has 3 aromatic heterocycles. The summed E-state index contributed by atoms with van der Waals surface area (Å²) in [6.07, 6.45) is -10.2. The Kier molecular flexibility index (Phi) is 5.94. The Morgan fingerprint density at radius 3 is 2.18 bits per heavy atom. The van der Waals surface area contributed by atoms with Crippen molar-refractivity contribution in [1.82, 2.24) is 9.97 Å². The maximum absolute atomic E-state index is 9.51. The van der Waals surface area contributed by atoms with Gasteiger partial charge in [-0.3, -0.25) is 0 Å². The van der Waals surface area contributed by atoms with Gasteiger partial charge in [-0.15, -0.1) is 54.1 Å². The first-order valence-corrected chi connectivity index (χ1v) is 18.2. The molecule has 1 spiro atoms. The molecule has 4 heteroatoms. The van der Waals surface area contributed by atoms with Gasteiger partial charge in [0.25, 0.3) is 0 Å². The third-order valence-electron chi connectivity index (χ3n) is 9.57. The van der Waals surface area contributed by atoms with Crippen molar-refractivity contribution in [3.05, 3.63) is 178 Å². The number of hydrogen-bond donors (Lipinski definition) is 0. The van der Waals surface area contributed by atoms with Gasteiger partial charge in [0.1, 0.15) is 5.58 Å². The Morgan fingerprint density at radius 2 is 1.46 bits per heavy atom. The van der Waals surface area contributed by atoms with E-state index in [1.807, 2.05) is 20.8 Å². The third kappa shape index (κ3) is 7.54. The number of nitrogens with zero attached hydrogens (tertiary/aromatic N) is 2. The van der Waals surface area contributed by atoms with Crippen LogP contribution in [0.25, 0.3) is 55.6 Å². The second-order valence-corrected chi connectivity index (χ2v) is 14.8. The zero-order valence-electron chi connectivity index (χ0n) is 50.2. The van der Waals surface area contributed by atoms with Crippen molar-refractivity contribution in [2.45, 2.75) is 73.2 Å². The molecule has 0 fully saturated rings. The first-order chi connectivity index (χ1) is 34.6. The fourth-order valence-electron chi connectivity index (χ4n) is 7.19. The summed E-state index contributed by atoms with van der Waals surface area (Å²) >= 11 is 0. The van der Waals surface area contributed by atoms with Gasteiger partial charge in [0.2, 0.25) is 0 Å². The number of pyridine rings is 2. The molecule has 3 heterocycles. The molecule has 0 bridgehead atoms. The summed E-state index contributed by atoms with van der Waals surface area (Å²) in [5, 5.41) is 1.01. The maximum Gasteiger partial charge on any atom is 0.124 e. The molecule has 287 valence electrons. The van der Waals surface area contributed by atoms with Crippen LogP contribution in [0.5, 0.6) is 0 Å². The van der Waals surface area contributed by atoms with Gasteiger partial charge < -0.3 is 14.4 Å². The van der Waals surface area contributed by atoms with E-state index < -0.39 is 63.3 Å². The second kappa shape index (κ2) is 15.3. The minimum Gasteiger partial charge on any atom is -0.500 e. The van der Waals surface area contributed by atoms with Crippen LogP contribution in [0.3, 0.4) is 0 Å². The molecule has 0 saturated heterocycles.